The molecule has 3 N–H and O–H groups in total. The first-order valence-electron chi connectivity index (χ1n) is 7.49. The molecular formula is C12H29N4O3P. The van der Waals surface area contributed by atoms with E-state index in [2.05, 4.69) is 16.0 Å². The standard InChI is InChI=1S/C12H29N4O3P/c1-3-18-20(17,19-4-2)16-11-10-14-7-5-6-13-8-9-15-12-16/h13-15H,3-12H2,1-2H3. The lowest BCUT2D eigenvalue weighted by molar-refractivity contribution is 0.163. The summed E-state index contributed by atoms with van der Waals surface area (Å²) in [7, 11) is -3.19. The smallest absolute Gasteiger partial charge is 0.315 e. The van der Waals surface area contributed by atoms with Gasteiger partial charge < -0.3 is 16.0 Å². The molecule has 0 aromatic rings. The van der Waals surface area contributed by atoms with Gasteiger partial charge in [0.25, 0.3) is 0 Å². The Hall–Kier alpha value is -0.0100. The molecule has 0 aromatic heterocycles. The summed E-state index contributed by atoms with van der Waals surface area (Å²) in [4.78, 5) is 0. The van der Waals surface area contributed by atoms with Crippen LogP contribution in [0.3, 0.4) is 0 Å². The lowest BCUT2D eigenvalue weighted by atomic mass is 10.4. The van der Waals surface area contributed by atoms with E-state index in [1.165, 1.54) is 0 Å². The van der Waals surface area contributed by atoms with Gasteiger partial charge in [-0.05, 0) is 33.4 Å². The van der Waals surface area contributed by atoms with E-state index >= 15 is 0 Å². The molecule has 1 heterocycles. The number of nitrogens with one attached hydrogen (secondary N) is 3. The Bertz CT molecular complexity index is 272. The first-order chi connectivity index (χ1) is 9.73. The molecule has 0 aromatic carbocycles. The average molecular weight is 308 g/mol. The summed E-state index contributed by atoms with van der Waals surface area (Å²) in [5.74, 6) is 0. The van der Waals surface area contributed by atoms with Crippen molar-refractivity contribution in [3.05, 3.63) is 0 Å². The topological polar surface area (TPSA) is 74.9 Å². The molecule has 120 valence electrons. The number of hydrogen-bond acceptors (Lipinski definition) is 6. The van der Waals surface area contributed by atoms with E-state index in [1.807, 2.05) is 13.8 Å². The molecule has 0 unspecified atom stereocenters. The molecule has 1 saturated heterocycles. The molecular weight excluding hydrogens is 279 g/mol. The van der Waals surface area contributed by atoms with Crippen molar-refractivity contribution >= 4 is 7.75 Å². The highest BCUT2D eigenvalue weighted by Gasteiger charge is 2.32. The maximum Gasteiger partial charge on any atom is 0.409 e. The second-order valence-electron chi connectivity index (χ2n) is 4.55. The third-order valence-electron chi connectivity index (χ3n) is 2.96. The molecule has 20 heavy (non-hydrogen) atoms. The molecule has 0 spiro atoms. The minimum atomic E-state index is -3.19. The highest BCUT2D eigenvalue weighted by Crippen LogP contribution is 2.51. The predicted molar refractivity (Wildman–Crippen MR) is 80.8 cm³/mol. The quantitative estimate of drug-likeness (QED) is 0.642. The molecule has 0 radical (unpaired) electrons. The molecule has 1 aliphatic rings. The molecule has 0 atom stereocenters. The maximum atomic E-state index is 12.8. The summed E-state index contributed by atoms with van der Waals surface area (Å²) in [6, 6.07) is 0. The zero-order valence-corrected chi connectivity index (χ0v) is 13.6. The van der Waals surface area contributed by atoms with Crippen LogP contribution in [-0.2, 0) is 13.6 Å². The SMILES string of the molecule is CCOP(=O)(OCC)N1CCNCCCNCCNC1. The number of rotatable bonds is 5. The van der Waals surface area contributed by atoms with Gasteiger partial charge in [-0.25, -0.2) is 4.57 Å². The Labute approximate surface area is 122 Å². The van der Waals surface area contributed by atoms with E-state index in [9.17, 15) is 4.57 Å². The first-order valence-corrected chi connectivity index (χ1v) is 8.99. The summed E-state index contributed by atoms with van der Waals surface area (Å²) in [5.41, 5.74) is 0. The van der Waals surface area contributed by atoms with Gasteiger partial charge in [0.05, 0.1) is 19.9 Å². The predicted octanol–water partition coefficient (Wildman–Crippen LogP) is 0.600. The van der Waals surface area contributed by atoms with Crippen molar-refractivity contribution in [2.24, 2.45) is 0 Å². The molecule has 1 fully saturated rings. The van der Waals surface area contributed by atoms with Crippen LogP contribution < -0.4 is 16.0 Å². The van der Waals surface area contributed by atoms with E-state index in [-0.39, 0.29) is 0 Å². The van der Waals surface area contributed by atoms with Crippen molar-refractivity contribution in [1.29, 1.82) is 0 Å². The lowest BCUT2D eigenvalue weighted by Gasteiger charge is -2.30. The Kier molecular flexibility index (Phi) is 9.63. The molecule has 0 amide bonds. The van der Waals surface area contributed by atoms with Crippen molar-refractivity contribution in [1.82, 2.24) is 20.6 Å². The Balaban J connectivity index is 2.61. The Morgan fingerprint density at radius 2 is 1.55 bits per heavy atom. The summed E-state index contributed by atoms with van der Waals surface area (Å²) >= 11 is 0. The highest BCUT2D eigenvalue weighted by atomic mass is 31.2. The normalized spacial score (nSPS) is 21.1. The Morgan fingerprint density at radius 1 is 0.950 bits per heavy atom. The second-order valence-corrected chi connectivity index (χ2v) is 6.57. The van der Waals surface area contributed by atoms with Gasteiger partial charge in [-0.2, -0.15) is 4.67 Å². The minimum absolute atomic E-state index is 0.378. The van der Waals surface area contributed by atoms with Crippen molar-refractivity contribution in [3.8, 4) is 0 Å². The van der Waals surface area contributed by atoms with Gasteiger partial charge in [-0.3, -0.25) is 9.05 Å². The van der Waals surface area contributed by atoms with E-state index in [4.69, 9.17) is 9.05 Å². The molecule has 1 aliphatic heterocycles. The number of hydrogen-bond donors (Lipinski definition) is 3. The maximum absolute atomic E-state index is 12.8. The summed E-state index contributed by atoms with van der Waals surface area (Å²) in [5, 5.41) is 9.98. The zero-order chi connectivity index (χ0) is 14.7. The molecule has 0 bridgehead atoms. The second kappa shape index (κ2) is 10.7. The van der Waals surface area contributed by atoms with Crippen LogP contribution in [0, 0.1) is 0 Å². The van der Waals surface area contributed by atoms with Crippen LogP contribution in [0.2, 0.25) is 0 Å². The Morgan fingerprint density at radius 3 is 2.20 bits per heavy atom. The molecule has 8 heteroatoms. The summed E-state index contributed by atoms with van der Waals surface area (Å²) in [6.07, 6.45) is 1.09. The third kappa shape index (κ3) is 6.63. The van der Waals surface area contributed by atoms with E-state index < -0.39 is 7.75 Å². The van der Waals surface area contributed by atoms with Gasteiger partial charge in [0.1, 0.15) is 0 Å². The van der Waals surface area contributed by atoms with Crippen molar-refractivity contribution in [2.45, 2.75) is 20.3 Å². The third-order valence-corrected chi connectivity index (χ3v) is 5.16. The zero-order valence-electron chi connectivity index (χ0n) is 12.7. The fourth-order valence-corrected chi connectivity index (χ4v) is 3.67. The van der Waals surface area contributed by atoms with Gasteiger partial charge in [-0.15, -0.1) is 0 Å². The molecule has 0 aliphatic carbocycles. The van der Waals surface area contributed by atoms with E-state index in [0.717, 1.165) is 39.1 Å². The van der Waals surface area contributed by atoms with Crippen molar-refractivity contribution in [3.63, 3.8) is 0 Å². The van der Waals surface area contributed by atoms with Crippen LogP contribution in [0.25, 0.3) is 0 Å². The fourth-order valence-electron chi connectivity index (χ4n) is 2.00. The number of nitrogens with zero attached hydrogens (tertiary/aromatic N) is 1. The fraction of sp³-hybridized carbons (Fsp3) is 1.00. The van der Waals surface area contributed by atoms with E-state index in [1.54, 1.807) is 4.67 Å². The van der Waals surface area contributed by atoms with Gasteiger partial charge in [0, 0.05) is 26.2 Å². The van der Waals surface area contributed by atoms with Crippen LogP contribution in [-0.4, -0.2) is 63.8 Å². The monoisotopic (exact) mass is 308 g/mol. The lowest BCUT2D eigenvalue weighted by Crippen LogP contribution is -2.41. The van der Waals surface area contributed by atoms with Crippen LogP contribution in [0.15, 0.2) is 0 Å². The van der Waals surface area contributed by atoms with E-state index in [0.29, 0.717) is 26.4 Å². The summed E-state index contributed by atoms with van der Waals surface area (Å²) in [6.45, 7) is 10.0. The minimum Gasteiger partial charge on any atom is -0.315 e. The van der Waals surface area contributed by atoms with Crippen molar-refractivity contribution < 1.29 is 13.6 Å². The van der Waals surface area contributed by atoms with Crippen LogP contribution >= 0.6 is 7.75 Å². The van der Waals surface area contributed by atoms with Crippen LogP contribution in [0.4, 0.5) is 0 Å². The molecule has 7 nitrogen and oxygen atoms in total. The van der Waals surface area contributed by atoms with Gasteiger partial charge >= 0.3 is 7.75 Å². The molecule has 0 saturated carbocycles. The average Bonchev–Trinajstić information content (AvgIpc) is 2.39. The summed E-state index contributed by atoms with van der Waals surface area (Å²) < 4.78 is 25.4. The first kappa shape index (κ1) is 18.0. The van der Waals surface area contributed by atoms with Crippen molar-refractivity contribution in [2.75, 3.05) is 59.2 Å². The van der Waals surface area contributed by atoms with Crippen LogP contribution in [0.1, 0.15) is 20.3 Å². The van der Waals surface area contributed by atoms with Gasteiger partial charge in [0.2, 0.25) is 0 Å². The molecule has 1 rings (SSSR count). The highest BCUT2D eigenvalue weighted by molar-refractivity contribution is 7.51. The largest absolute Gasteiger partial charge is 0.409 e. The van der Waals surface area contributed by atoms with Gasteiger partial charge in [-0.1, -0.05) is 0 Å². The van der Waals surface area contributed by atoms with Crippen LogP contribution in [0.5, 0.6) is 0 Å². The van der Waals surface area contributed by atoms with Gasteiger partial charge in [0.15, 0.2) is 0 Å².